The lowest BCUT2D eigenvalue weighted by molar-refractivity contribution is -0.385. The third kappa shape index (κ3) is 3.29. The van der Waals surface area contributed by atoms with Crippen LogP contribution in [0.25, 0.3) is 11.0 Å². The van der Waals surface area contributed by atoms with E-state index in [4.69, 9.17) is 4.98 Å². The van der Waals surface area contributed by atoms with Gasteiger partial charge in [0.2, 0.25) is 0 Å². The molecule has 0 saturated carbocycles. The average Bonchev–Trinajstić information content (AvgIpc) is 3.06. The van der Waals surface area contributed by atoms with Crippen LogP contribution in [0.5, 0.6) is 0 Å². The Labute approximate surface area is 165 Å². The summed E-state index contributed by atoms with van der Waals surface area (Å²) in [5.41, 5.74) is 2.25. The highest BCUT2D eigenvalue weighted by Gasteiger charge is 2.26. The molecule has 1 aliphatic rings. The van der Waals surface area contributed by atoms with Crippen LogP contribution >= 0.6 is 15.9 Å². The van der Waals surface area contributed by atoms with Crippen LogP contribution in [0, 0.1) is 10.1 Å². The number of nitrogens with zero attached hydrogens (tertiary/aromatic N) is 5. The van der Waals surface area contributed by atoms with Gasteiger partial charge in [-0.2, -0.15) is 0 Å². The van der Waals surface area contributed by atoms with Crippen LogP contribution < -0.4 is 4.90 Å². The van der Waals surface area contributed by atoms with Crippen molar-refractivity contribution in [2.45, 2.75) is 32.2 Å². The fourth-order valence-electron chi connectivity index (χ4n) is 3.84. The standard InChI is InChI=1S/C19H20BrN5O2/c1-2-18-22-16-5-3-4-6-17(16)24(18)13-7-9-23(10-8-13)19-15(20)11-14(12-21-19)25(26)27/h3-6,11-13H,2,7-10H2,1H3. The fourth-order valence-corrected chi connectivity index (χ4v) is 4.43. The Kier molecular flexibility index (Phi) is 4.82. The zero-order chi connectivity index (χ0) is 19.0. The Bertz CT molecular complexity index is 995. The summed E-state index contributed by atoms with van der Waals surface area (Å²) in [6, 6.07) is 10.2. The van der Waals surface area contributed by atoms with Gasteiger partial charge in [0.05, 0.1) is 20.4 Å². The number of fused-ring (bicyclic) bond motifs is 1. The number of benzene rings is 1. The van der Waals surface area contributed by atoms with E-state index in [0.717, 1.165) is 49.5 Å². The monoisotopic (exact) mass is 429 g/mol. The van der Waals surface area contributed by atoms with Crippen LogP contribution in [-0.2, 0) is 6.42 Å². The van der Waals surface area contributed by atoms with Crippen LogP contribution in [-0.4, -0.2) is 32.5 Å². The molecule has 4 rings (SSSR count). The predicted octanol–water partition coefficient (Wildman–Crippen LogP) is 4.51. The van der Waals surface area contributed by atoms with Gasteiger partial charge in [0, 0.05) is 31.6 Å². The Hall–Kier alpha value is -2.48. The molecule has 1 aromatic carbocycles. The highest BCUT2D eigenvalue weighted by atomic mass is 79.9. The topological polar surface area (TPSA) is 77.1 Å². The van der Waals surface area contributed by atoms with Gasteiger partial charge >= 0.3 is 0 Å². The number of nitro groups is 1. The van der Waals surface area contributed by atoms with E-state index in [1.165, 1.54) is 17.8 Å². The van der Waals surface area contributed by atoms with E-state index in [1.807, 2.05) is 6.07 Å². The van der Waals surface area contributed by atoms with Crippen molar-refractivity contribution in [2.75, 3.05) is 18.0 Å². The molecule has 7 nitrogen and oxygen atoms in total. The summed E-state index contributed by atoms with van der Waals surface area (Å²) in [6.07, 6.45) is 4.20. The zero-order valence-electron chi connectivity index (χ0n) is 15.0. The molecule has 0 atom stereocenters. The number of imidazole rings is 1. The molecule has 1 saturated heterocycles. The van der Waals surface area contributed by atoms with Crippen LogP contribution in [0.4, 0.5) is 11.5 Å². The molecule has 8 heteroatoms. The van der Waals surface area contributed by atoms with Gasteiger partial charge in [0.1, 0.15) is 17.8 Å². The minimum atomic E-state index is -0.426. The van der Waals surface area contributed by atoms with Gasteiger partial charge in [-0.25, -0.2) is 9.97 Å². The van der Waals surface area contributed by atoms with Crippen LogP contribution in [0.1, 0.15) is 31.6 Å². The maximum Gasteiger partial charge on any atom is 0.288 e. The average molecular weight is 430 g/mol. The molecule has 27 heavy (non-hydrogen) atoms. The van der Waals surface area contributed by atoms with Crippen molar-refractivity contribution in [3.63, 3.8) is 0 Å². The second-order valence-corrected chi connectivity index (χ2v) is 7.57. The molecule has 140 valence electrons. The largest absolute Gasteiger partial charge is 0.356 e. The molecule has 0 unspecified atom stereocenters. The molecule has 3 heterocycles. The summed E-state index contributed by atoms with van der Waals surface area (Å²) in [6.45, 7) is 3.85. The lowest BCUT2D eigenvalue weighted by atomic mass is 10.0. The third-order valence-corrected chi connectivity index (χ3v) is 5.72. The molecule has 3 aromatic rings. The number of piperidine rings is 1. The molecular weight excluding hydrogens is 410 g/mol. The van der Waals surface area contributed by atoms with E-state index in [9.17, 15) is 10.1 Å². The Morgan fingerprint density at radius 1 is 1.30 bits per heavy atom. The number of anilines is 1. The molecule has 0 aliphatic carbocycles. The summed E-state index contributed by atoms with van der Waals surface area (Å²) in [5.74, 6) is 1.90. The molecule has 1 aliphatic heterocycles. The number of para-hydroxylation sites is 2. The van der Waals surface area contributed by atoms with E-state index in [1.54, 1.807) is 0 Å². The van der Waals surface area contributed by atoms with Crippen molar-refractivity contribution in [3.05, 3.63) is 56.9 Å². The number of rotatable bonds is 4. The fraction of sp³-hybridized carbons (Fsp3) is 0.368. The molecule has 1 fully saturated rings. The van der Waals surface area contributed by atoms with Gasteiger partial charge in [-0.05, 0) is 40.9 Å². The number of aryl methyl sites for hydroxylation is 1. The van der Waals surface area contributed by atoms with E-state index in [-0.39, 0.29) is 5.69 Å². The van der Waals surface area contributed by atoms with E-state index in [2.05, 4.69) is 55.5 Å². The first-order valence-corrected chi connectivity index (χ1v) is 9.88. The van der Waals surface area contributed by atoms with Crippen molar-refractivity contribution < 1.29 is 4.92 Å². The molecule has 0 bridgehead atoms. The Morgan fingerprint density at radius 2 is 2.04 bits per heavy atom. The molecule has 0 amide bonds. The lowest BCUT2D eigenvalue weighted by Crippen LogP contribution is -2.35. The normalized spacial score (nSPS) is 15.4. The van der Waals surface area contributed by atoms with E-state index < -0.39 is 4.92 Å². The molecule has 2 aromatic heterocycles. The van der Waals surface area contributed by atoms with E-state index in [0.29, 0.717) is 10.5 Å². The molecule has 0 N–H and O–H groups in total. The number of aromatic nitrogens is 3. The number of halogens is 1. The third-order valence-electron chi connectivity index (χ3n) is 5.13. The van der Waals surface area contributed by atoms with Gasteiger partial charge in [-0.1, -0.05) is 19.1 Å². The lowest BCUT2D eigenvalue weighted by Gasteiger charge is -2.34. The molecule has 0 spiro atoms. The minimum absolute atomic E-state index is 0.00187. The molecule has 0 radical (unpaired) electrons. The maximum absolute atomic E-state index is 10.9. The summed E-state index contributed by atoms with van der Waals surface area (Å²) in [5, 5.41) is 10.9. The number of hydrogen-bond acceptors (Lipinski definition) is 5. The van der Waals surface area contributed by atoms with Crippen molar-refractivity contribution in [2.24, 2.45) is 0 Å². The smallest absolute Gasteiger partial charge is 0.288 e. The van der Waals surface area contributed by atoms with Crippen LogP contribution in [0.3, 0.4) is 0 Å². The van der Waals surface area contributed by atoms with Gasteiger partial charge < -0.3 is 9.47 Å². The Morgan fingerprint density at radius 3 is 2.70 bits per heavy atom. The second kappa shape index (κ2) is 7.26. The quantitative estimate of drug-likeness (QED) is 0.450. The van der Waals surface area contributed by atoms with Gasteiger partial charge in [0.15, 0.2) is 0 Å². The zero-order valence-corrected chi connectivity index (χ0v) is 16.6. The van der Waals surface area contributed by atoms with Crippen molar-refractivity contribution in [1.29, 1.82) is 0 Å². The second-order valence-electron chi connectivity index (χ2n) is 6.71. The first kappa shape index (κ1) is 17.9. The molecular formula is C19H20BrN5O2. The van der Waals surface area contributed by atoms with Crippen molar-refractivity contribution in [1.82, 2.24) is 14.5 Å². The first-order chi connectivity index (χ1) is 13.1. The summed E-state index contributed by atoms with van der Waals surface area (Å²) < 4.78 is 3.06. The summed E-state index contributed by atoms with van der Waals surface area (Å²) in [7, 11) is 0. The van der Waals surface area contributed by atoms with Gasteiger partial charge in [0.25, 0.3) is 5.69 Å². The van der Waals surface area contributed by atoms with E-state index >= 15 is 0 Å². The maximum atomic E-state index is 10.9. The minimum Gasteiger partial charge on any atom is -0.356 e. The van der Waals surface area contributed by atoms with Gasteiger partial charge in [-0.3, -0.25) is 10.1 Å². The Balaban J connectivity index is 1.56. The van der Waals surface area contributed by atoms with Crippen molar-refractivity contribution >= 4 is 38.5 Å². The predicted molar refractivity (Wildman–Crippen MR) is 108 cm³/mol. The van der Waals surface area contributed by atoms with Crippen LogP contribution in [0.2, 0.25) is 0 Å². The first-order valence-electron chi connectivity index (χ1n) is 9.09. The highest BCUT2D eigenvalue weighted by Crippen LogP contribution is 2.33. The van der Waals surface area contributed by atoms with Gasteiger partial charge in [-0.15, -0.1) is 0 Å². The highest BCUT2D eigenvalue weighted by molar-refractivity contribution is 9.10. The number of hydrogen-bond donors (Lipinski definition) is 0. The summed E-state index contributed by atoms with van der Waals surface area (Å²) >= 11 is 3.44. The van der Waals surface area contributed by atoms with Crippen LogP contribution in [0.15, 0.2) is 41.0 Å². The van der Waals surface area contributed by atoms with Crippen molar-refractivity contribution in [3.8, 4) is 0 Å². The SMILES string of the molecule is CCc1nc2ccccc2n1C1CCN(c2ncc([N+](=O)[O-])cc2Br)CC1. The summed E-state index contributed by atoms with van der Waals surface area (Å²) in [4.78, 5) is 21.8. The number of pyridine rings is 1.